The number of aryl methyl sites for hydroxylation is 1. The van der Waals surface area contributed by atoms with E-state index in [1.807, 2.05) is 0 Å². The zero-order valence-electron chi connectivity index (χ0n) is 13.9. The third-order valence-electron chi connectivity index (χ3n) is 4.22. The van der Waals surface area contributed by atoms with Gasteiger partial charge in [0.15, 0.2) is 5.82 Å². The van der Waals surface area contributed by atoms with Crippen LogP contribution in [0.15, 0.2) is 23.2 Å². The molecule has 3 rings (SSSR count). The lowest BCUT2D eigenvalue weighted by Crippen LogP contribution is -2.30. The van der Waals surface area contributed by atoms with Crippen LogP contribution in [0.4, 0.5) is 14.5 Å². The molecule has 0 saturated heterocycles. The Balaban J connectivity index is 2.02. The molecule has 26 heavy (non-hydrogen) atoms. The fraction of sp³-hybridized carbons (Fsp3) is 0.312. The zero-order chi connectivity index (χ0) is 19.2. The molecule has 2 N–H and O–H groups in total. The molecule has 0 saturated carbocycles. The van der Waals surface area contributed by atoms with Crippen LogP contribution < -0.4 is 10.0 Å². The minimum atomic E-state index is -3.75. The number of nitrogens with zero attached hydrogens (tertiary/aromatic N) is 1. The fourth-order valence-corrected chi connectivity index (χ4v) is 4.73. The van der Waals surface area contributed by atoms with Crippen molar-refractivity contribution in [3.63, 3.8) is 0 Å². The maximum atomic E-state index is 14.0. The van der Waals surface area contributed by atoms with E-state index in [1.165, 1.54) is 17.8 Å². The first kappa shape index (κ1) is 18.8. The Bertz CT molecular complexity index is 1000. The minimum Gasteiger partial charge on any atom is -0.345 e. The van der Waals surface area contributed by atoms with E-state index in [4.69, 9.17) is 11.6 Å². The highest BCUT2D eigenvalue weighted by molar-refractivity contribution is 7.89. The van der Waals surface area contributed by atoms with Crippen molar-refractivity contribution in [3.8, 4) is 0 Å². The predicted octanol–water partition coefficient (Wildman–Crippen LogP) is 2.82. The highest BCUT2D eigenvalue weighted by atomic mass is 35.5. The van der Waals surface area contributed by atoms with Gasteiger partial charge in [0, 0.05) is 24.8 Å². The van der Waals surface area contributed by atoms with E-state index in [0.717, 1.165) is 12.1 Å². The number of nitrogens with one attached hydrogen (secondary N) is 2. The molecule has 0 radical (unpaired) electrons. The Morgan fingerprint density at radius 2 is 2.08 bits per heavy atom. The highest BCUT2D eigenvalue weighted by Gasteiger charge is 2.31. The molecule has 1 aromatic carbocycles. The van der Waals surface area contributed by atoms with Crippen molar-refractivity contribution in [2.45, 2.75) is 30.7 Å². The van der Waals surface area contributed by atoms with Crippen LogP contribution in [0.3, 0.4) is 0 Å². The first-order valence-electron chi connectivity index (χ1n) is 7.77. The van der Waals surface area contributed by atoms with Crippen LogP contribution in [0.1, 0.15) is 29.4 Å². The molecule has 2 aromatic rings. The number of hydrogen-bond donors (Lipinski definition) is 2. The number of rotatable bonds is 2. The second-order valence-electron chi connectivity index (χ2n) is 6.17. The van der Waals surface area contributed by atoms with E-state index in [-0.39, 0.29) is 22.3 Å². The Hall–Kier alpha value is -1.97. The molecule has 1 amide bonds. The first-order valence-corrected chi connectivity index (χ1v) is 9.63. The molecule has 2 heterocycles. The van der Waals surface area contributed by atoms with Crippen LogP contribution in [0.25, 0.3) is 0 Å². The highest BCUT2D eigenvalue weighted by Crippen LogP contribution is 2.29. The van der Waals surface area contributed by atoms with Crippen LogP contribution in [-0.4, -0.2) is 24.9 Å². The molecule has 1 aliphatic heterocycles. The van der Waals surface area contributed by atoms with Crippen molar-refractivity contribution in [1.82, 2.24) is 9.29 Å². The Morgan fingerprint density at radius 1 is 1.38 bits per heavy atom. The molecule has 1 aromatic heterocycles. The number of halogens is 3. The summed E-state index contributed by atoms with van der Waals surface area (Å²) in [6.07, 6.45) is 2.21. The summed E-state index contributed by atoms with van der Waals surface area (Å²) in [6.45, 7) is 1.74. The molecule has 6 nitrogen and oxygen atoms in total. The average molecular weight is 404 g/mol. The lowest BCUT2D eigenvalue weighted by atomic mass is 10.1. The molecule has 140 valence electrons. The van der Waals surface area contributed by atoms with Crippen molar-refractivity contribution in [2.75, 3.05) is 5.32 Å². The van der Waals surface area contributed by atoms with Gasteiger partial charge in [0.25, 0.3) is 5.91 Å². The second kappa shape index (κ2) is 6.64. The summed E-state index contributed by atoms with van der Waals surface area (Å²) in [6, 6.07) is 1.71. The average Bonchev–Trinajstić information content (AvgIpc) is 2.85. The number of hydrogen-bond acceptors (Lipinski definition) is 3. The van der Waals surface area contributed by atoms with Gasteiger partial charge in [-0.25, -0.2) is 21.9 Å². The number of benzene rings is 1. The van der Waals surface area contributed by atoms with Gasteiger partial charge in [0.05, 0.1) is 5.69 Å². The summed E-state index contributed by atoms with van der Waals surface area (Å²) in [4.78, 5) is 12.7. The lowest BCUT2D eigenvalue weighted by molar-refractivity contribution is 0.101. The Labute approximate surface area is 154 Å². The van der Waals surface area contributed by atoms with Crippen molar-refractivity contribution in [3.05, 3.63) is 46.2 Å². The van der Waals surface area contributed by atoms with Crippen LogP contribution in [-0.2, 0) is 23.5 Å². The van der Waals surface area contributed by atoms with Crippen LogP contribution >= 0.6 is 11.6 Å². The SMILES string of the molecule is CC1CCc2c(cn(C)c2C(=O)Nc2ccc(F)c(Cl)c2F)S(=O)(=O)N1. The number of anilines is 1. The van der Waals surface area contributed by atoms with Crippen LogP contribution in [0, 0.1) is 11.6 Å². The van der Waals surface area contributed by atoms with Gasteiger partial charge in [-0.1, -0.05) is 11.6 Å². The van der Waals surface area contributed by atoms with Crippen molar-refractivity contribution in [1.29, 1.82) is 0 Å². The van der Waals surface area contributed by atoms with E-state index >= 15 is 0 Å². The zero-order valence-corrected chi connectivity index (χ0v) is 15.5. The topological polar surface area (TPSA) is 80.2 Å². The standard InChI is InChI=1S/C16H16ClF2N3O3S/c1-8-3-4-9-12(26(24,25)21-8)7-22(2)15(9)16(23)20-11-6-5-10(18)13(17)14(11)19/h5-8,21H,3-4H2,1-2H3,(H,20,23). The smallest absolute Gasteiger partial charge is 0.272 e. The van der Waals surface area contributed by atoms with Gasteiger partial charge >= 0.3 is 0 Å². The molecule has 1 aliphatic rings. The van der Waals surface area contributed by atoms with Gasteiger partial charge in [-0.3, -0.25) is 4.79 Å². The van der Waals surface area contributed by atoms with Gasteiger partial charge in [-0.05, 0) is 31.9 Å². The molecular weight excluding hydrogens is 388 g/mol. The summed E-state index contributed by atoms with van der Waals surface area (Å²) in [5.74, 6) is -2.75. The van der Waals surface area contributed by atoms with Gasteiger partial charge in [-0.15, -0.1) is 0 Å². The normalized spacial score (nSPS) is 18.9. The van der Waals surface area contributed by atoms with E-state index in [1.54, 1.807) is 6.92 Å². The third-order valence-corrected chi connectivity index (χ3v) is 6.21. The summed E-state index contributed by atoms with van der Waals surface area (Å²) in [7, 11) is -2.23. The molecule has 10 heteroatoms. The number of carbonyl (C=O) groups is 1. The van der Waals surface area contributed by atoms with Crippen LogP contribution in [0.5, 0.6) is 0 Å². The van der Waals surface area contributed by atoms with Gasteiger partial charge in [0.1, 0.15) is 21.4 Å². The summed E-state index contributed by atoms with van der Waals surface area (Å²) >= 11 is 5.52. The molecule has 0 spiro atoms. The van der Waals surface area contributed by atoms with Crippen LogP contribution in [0.2, 0.25) is 5.02 Å². The summed E-state index contributed by atoms with van der Waals surface area (Å²) in [5, 5.41) is 1.60. The molecule has 1 unspecified atom stereocenters. The summed E-state index contributed by atoms with van der Waals surface area (Å²) in [5.41, 5.74) is 0.161. The molecule has 1 atom stereocenters. The second-order valence-corrected chi connectivity index (χ2v) is 8.23. The largest absolute Gasteiger partial charge is 0.345 e. The Kier molecular flexibility index (Phi) is 4.80. The maximum absolute atomic E-state index is 14.0. The quantitative estimate of drug-likeness (QED) is 0.757. The minimum absolute atomic E-state index is 0.0205. The lowest BCUT2D eigenvalue weighted by Gasteiger charge is -2.11. The number of sulfonamides is 1. The van der Waals surface area contributed by atoms with Crippen molar-refractivity contribution in [2.24, 2.45) is 7.05 Å². The number of fused-ring (bicyclic) bond motifs is 1. The van der Waals surface area contributed by atoms with Crippen molar-refractivity contribution >= 4 is 33.2 Å². The third kappa shape index (κ3) is 3.22. The van der Waals surface area contributed by atoms with E-state index in [2.05, 4.69) is 10.0 Å². The number of aromatic nitrogens is 1. The number of carbonyl (C=O) groups excluding carboxylic acids is 1. The van der Waals surface area contributed by atoms with Crippen molar-refractivity contribution < 1.29 is 22.0 Å². The monoisotopic (exact) mass is 403 g/mol. The number of amides is 1. The fourth-order valence-electron chi connectivity index (χ4n) is 2.97. The molecule has 0 aliphatic carbocycles. The molecule has 0 bridgehead atoms. The van der Waals surface area contributed by atoms with Gasteiger partial charge in [0.2, 0.25) is 10.0 Å². The summed E-state index contributed by atoms with van der Waals surface area (Å²) < 4.78 is 56.0. The van der Waals surface area contributed by atoms with E-state index in [0.29, 0.717) is 18.4 Å². The van der Waals surface area contributed by atoms with E-state index < -0.39 is 32.6 Å². The van der Waals surface area contributed by atoms with Gasteiger partial charge < -0.3 is 9.88 Å². The van der Waals surface area contributed by atoms with E-state index in [9.17, 15) is 22.0 Å². The van der Waals surface area contributed by atoms with Gasteiger partial charge in [-0.2, -0.15) is 0 Å². The maximum Gasteiger partial charge on any atom is 0.272 e. The molecule has 0 fully saturated rings. The Morgan fingerprint density at radius 3 is 2.77 bits per heavy atom. The first-order chi connectivity index (χ1) is 12.1. The predicted molar refractivity (Wildman–Crippen MR) is 92.8 cm³/mol. The molecular formula is C16H16ClF2N3O3S.